The predicted molar refractivity (Wildman–Crippen MR) is 117 cm³/mol. The van der Waals surface area contributed by atoms with Crippen LogP contribution in [-0.2, 0) is 0 Å². The summed E-state index contributed by atoms with van der Waals surface area (Å²) in [4.78, 5) is 0. The second kappa shape index (κ2) is 6.41. The van der Waals surface area contributed by atoms with Gasteiger partial charge in [0.2, 0.25) is 0 Å². The molecule has 0 unspecified atom stereocenters. The summed E-state index contributed by atoms with van der Waals surface area (Å²) in [6, 6.07) is 37.2. The highest BCUT2D eigenvalue weighted by molar-refractivity contribution is 6.13. The molecular formula is C27H20. The lowest BCUT2D eigenvalue weighted by Crippen LogP contribution is -1.88. The number of fused-ring (bicyclic) bond motifs is 3. The molecular weight excluding hydrogens is 324 g/mol. The van der Waals surface area contributed by atoms with Gasteiger partial charge < -0.3 is 0 Å². The van der Waals surface area contributed by atoms with Gasteiger partial charge in [0.25, 0.3) is 0 Å². The van der Waals surface area contributed by atoms with Crippen molar-refractivity contribution in [3.63, 3.8) is 0 Å². The number of aryl methyl sites for hydroxylation is 1. The van der Waals surface area contributed by atoms with Crippen molar-refractivity contribution in [2.24, 2.45) is 0 Å². The van der Waals surface area contributed by atoms with Crippen molar-refractivity contribution < 1.29 is 0 Å². The van der Waals surface area contributed by atoms with Gasteiger partial charge in [-0.15, -0.1) is 0 Å². The third-order valence-corrected chi connectivity index (χ3v) is 5.40. The molecule has 5 rings (SSSR count). The fourth-order valence-electron chi connectivity index (χ4n) is 4.01. The fourth-order valence-corrected chi connectivity index (χ4v) is 4.01. The van der Waals surface area contributed by atoms with E-state index in [0.717, 1.165) is 0 Å². The zero-order chi connectivity index (χ0) is 18.2. The largest absolute Gasteiger partial charge is 0.0622 e. The van der Waals surface area contributed by atoms with Crippen LogP contribution in [0.25, 0.3) is 43.8 Å². The van der Waals surface area contributed by atoms with Gasteiger partial charge in [-0.1, -0.05) is 91.0 Å². The maximum Gasteiger partial charge on any atom is -0.00988 e. The van der Waals surface area contributed by atoms with Crippen LogP contribution < -0.4 is 0 Å². The molecule has 27 heavy (non-hydrogen) atoms. The highest BCUT2D eigenvalue weighted by Crippen LogP contribution is 2.37. The van der Waals surface area contributed by atoms with E-state index in [1.165, 1.54) is 49.4 Å². The summed E-state index contributed by atoms with van der Waals surface area (Å²) in [5.74, 6) is 0. The van der Waals surface area contributed by atoms with Crippen LogP contribution in [0.5, 0.6) is 0 Å². The summed E-state index contributed by atoms with van der Waals surface area (Å²) in [6.07, 6.45) is 0. The molecule has 0 spiro atoms. The lowest BCUT2D eigenvalue weighted by atomic mass is 9.90. The number of hydrogen-bond acceptors (Lipinski definition) is 0. The van der Waals surface area contributed by atoms with Crippen LogP contribution in [-0.4, -0.2) is 0 Å². The first-order valence-corrected chi connectivity index (χ1v) is 9.38. The van der Waals surface area contributed by atoms with E-state index in [-0.39, 0.29) is 0 Å². The molecule has 0 aromatic heterocycles. The second-order valence-corrected chi connectivity index (χ2v) is 7.09. The number of hydrogen-bond donors (Lipinski definition) is 0. The Balaban J connectivity index is 1.81. The molecule has 0 aliphatic carbocycles. The summed E-state index contributed by atoms with van der Waals surface area (Å²) >= 11 is 0. The Morgan fingerprint density at radius 2 is 1.11 bits per heavy atom. The molecule has 0 bridgehead atoms. The van der Waals surface area contributed by atoms with Gasteiger partial charge in [0, 0.05) is 0 Å². The van der Waals surface area contributed by atoms with Gasteiger partial charge >= 0.3 is 0 Å². The molecule has 0 nitrogen and oxygen atoms in total. The third-order valence-electron chi connectivity index (χ3n) is 5.40. The van der Waals surface area contributed by atoms with Crippen LogP contribution in [0.3, 0.4) is 0 Å². The molecule has 5 aromatic carbocycles. The summed E-state index contributed by atoms with van der Waals surface area (Å²) in [5, 5.41) is 5.21. The van der Waals surface area contributed by atoms with Crippen LogP contribution in [0.1, 0.15) is 5.56 Å². The Morgan fingerprint density at radius 3 is 1.93 bits per heavy atom. The van der Waals surface area contributed by atoms with E-state index in [4.69, 9.17) is 0 Å². The van der Waals surface area contributed by atoms with Crippen molar-refractivity contribution >= 4 is 21.5 Å². The average Bonchev–Trinajstić information content (AvgIpc) is 2.74. The van der Waals surface area contributed by atoms with E-state index in [1.54, 1.807) is 0 Å². The molecule has 5 aromatic rings. The molecule has 0 heteroatoms. The minimum atomic E-state index is 1.27. The molecule has 0 aliphatic rings. The van der Waals surface area contributed by atoms with Crippen molar-refractivity contribution in [2.75, 3.05) is 0 Å². The van der Waals surface area contributed by atoms with E-state index in [0.29, 0.717) is 0 Å². The molecule has 0 saturated carbocycles. The van der Waals surface area contributed by atoms with Crippen LogP contribution >= 0.6 is 0 Å². The Morgan fingerprint density at radius 1 is 0.444 bits per heavy atom. The van der Waals surface area contributed by atoms with Gasteiger partial charge in [-0.3, -0.25) is 0 Å². The number of rotatable bonds is 2. The predicted octanol–water partition coefficient (Wildman–Crippen LogP) is 7.64. The first kappa shape index (κ1) is 15.8. The zero-order valence-electron chi connectivity index (χ0n) is 15.3. The zero-order valence-corrected chi connectivity index (χ0v) is 15.3. The third kappa shape index (κ3) is 2.71. The van der Waals surface area contributed by atoms with Crippen LogP contribution in [0.2, 0.25) is 0 Å². The Kier molecular flexibility index (Phi) is 3.76. The summed E-state index contributed by atoms with van der Waals surface area (Å²) in [5.41, 5.74) is 6.42. The highest BCUT2D eigenvalue weighted by Gasteiger charge is 2.10. The van der Waals surface area contributed by atoms with E-state index >= 15 is 0 Å². The summed E-state index contributed by atoms with van der Waals surface area (Å²) in [6.45, 7) is 2.19. The van der Waals surface area contributed by atoms with Gasteiger partial charge in [0.15, 0.2) is 0 Å². The van der Waals surface area contributed by atoms with Crippen molar-refractivity contribution in [1.82, 2.24) is 0 Å². The van der Waals surface area contributed by atoms with E-state index < -0.39 is 0 Å². The number of benzene rings is 5. The monoisotopic (exact) mass is 344 g/mol. The van der Waals surface area contributed by atoms with E-state index in [2.05, 4.69) is 110 Å². The van der Waals surface area contributed by atoms with E-state index in [9.17, 15) is 0 Å². The minimum absolute atomic E-state index is 1.27. The van der Waals surface area contributed by atoms with Crippen LogP contribution in [0, 0.1) is 6.92 Å². The van der Waals surface area contributed by atoms with Crippen molar-refractivity contribution in [1.29, 1.82) is 0 Å². The Bertz CT molecular complexity index is 1260. The quantitative estimate of drug-likeness (QED) is 0.289. The molecule has 0 amide bonds. The highest BCUT2D eigenvalue weighted by atomic mass is 14.1. The summed E-state index contributed by atoms with van der Waals surface area (Å²) < 4.78 is 0. The van der Waals surface area contributed by atoms with Crippen LogP contribution in [0.15, 0.2) is 103 Å². The van der Waals surface area contributed by atoms with Crippen LogP contribution in [0.4, 0.5) is 0 Å². The topological polar surface area (TPSA) is 0 Å². The minimum Gasteiger partial charge on any atom is -0.0622 e. The lowest BCUT2D eigenvalue weighted by Gasteiger charge is -2.14. The molecule has 128 valence electrons. The lowest BCUT2D eigenvalue weighted by molar-refractivity contribution is 1.46. The van der Waals surface area contributed by atoms with Gasteiger partial charge in [-0.2, -0.15) is 0 Å². The smallest absolute Gasteiger partial charge is 0.00988 e. The maximum absolute atomic E-state index is 2.33. The molecule has 0 aliphatic heterocycles. The average molecular weight is 344 g/mol. The standard InChI is InChI=1S/C27H20/c1-19-15-16-22(17-26(19)20-9-3-2-4-10-20)27-18-21-11-5-6-12-23(21)24-13-7-8-14-25(24)27/h2-18H,1H3. The molecule has 0 fully saturated rings. The van der Waals surface area contributed by atoms with Gasteiger partial charge in [0.05, 0.1) is 0 Å². The first-order chi connectivity index (χ1) is 13.3. The SMILES string of the molecule is Cc1ccc(-c2cc3ccccc3c3ccccc23)cc1-c1ccccc1. The molecule has 0 atom stereocenters. The normalized spacial score (nSPS) is 11.1. The van der Waals surface area contributed by atoms with E-state index in [1.807, 2.05) is 0 Å². The fraction of sp³-hybridized carbons (Fsp3) is 0.0370. The molecule has 0 radical (unpaired) electrons. The summed E-state index contributed by atoms with van der Waals surface area (Å²) in [7, 11) is 0. The van der Waals surface area contributed by atoms with Gasteiger partial charge in [0.1, 0.15) is 0 Å². The Labute approximate surface area is 159 Å². The van der Waals surface area contributed by atoms with Gasteiger partial charge in [-0.05, 0) is 68.4 Å². The maximum atomic E-state index is 2.33. The van der Waals surface area contributed by atoms with Gasteiger partial charge in [-0.25, -0.2) is 0 Å². The Hall–Kier alpha value is -3.38. The van der Waals surface area contributed by atoms with Crippen molar-refractivity contribution in [3.05, 3.63) is 109 Å². The van der Waals surface area contributed by atoms with Crippen molar-refractivity contribution in [3.8, 4) is 22.3 Å². The molecule has 0 N–H and O–H groups in total. The van der Waals surface area contributed by atoms with Crippen molar-refractivity contribution in [2.45, 2.75) is 6.92 Å². The molecule has 0 saturated heterocycles. The molecule has 0 heterocycles. The first-order valence-electron chi connectivity index (χ1n) is 9.38. The second-order valence-electron chi connectivity index (χ2n) is 7.09.